The summed E-state index contributed by atoms with van der Waals surface area (Å²) < 4.78 is 0. The second-order valence-electron chi connectivity index (χ2n) is 4.29. The Hall–Kier alpha value is -1.72. The van der Waals surface area contributed by atoms with E-state index in [0.29, 0.717) is 0 Å². The van der Waals surface area contributed by atoms with Crippen LogP contribution in [-0.4, -0.2) is 9.97 Å². The molecule has 3 rings (SSSR count). The molecule has 0 amide bonds. The van der Waals surface area contributed by atoms with Crippen molar-refractivity contribution in [1.29, 1.82) is 0 Å². The van der Waals surface area contributed by atoms with E-state index in [1.165, 1.54) is 0 Å². The zero-order valence-corrected chi connectivity index (χ0v) is 12.1. The summed E-state index contributed by atoms with van der Waals surface area (Å²) in [5.74, 6) is 0. The van der Waals surface area contributed by atoms with Crippen molar-refractivity contribution in [3.8, 4) is 11.3 Å². The molecule has 2 aromatic heterocycles. The van der Waals surface area contributed by atoms with Crippen LogP contribution in [0, 0.1) is 6.92 Å². The van der Waals surface area contributed by atoms with Gasteiger partial charge in [0.1, 0.15) is 0 Å². The monoisotopic (exact) mass is 287 g/mol. The molecule has 2 N–H and O–H groups in total. The summed E-state index contributed by atoms with van der Waals surface area (Å²) in [6, 6.07) is 7.82. The summed E-state index contributed by atoms with van der Waals surface area (Å²) in [4.78, 5) is 9.12. The number of hydrogen-bond acceptors (Lipinski definition) is 5. The number of nitrogens with zero attached hydrogens (tertiary/aromatic N) is 2. The van der Waals surface area contributed by atoms with E-state index in [2.05, 4.69) is 20.7 Å². The van der Waals surface area contributed by atoms with E-state index in [0.717, 1.165) is 39.1 Å². The Bertz CT molecular complexity index is 700. The van der Waals surface area contributed by atoms with Crippen molar-refractivity contribution >= 4 is 28.4 Å². The Balaban J connectivity index is 1.83. The lowest BCUT2D eigenvalue weighted by Crippen LogP contribution is -1.89. The maximum absolute atomic E-state index is 5.80. The Morgan fingerprint density at radius 1 is 1.16 bits per heavy atom. The lowest BCUT2D eigenvalue weighted by molar-refractivity contribution is 1.06. The largest absolute Gasteiger partial charge is 0.399 e. The zero-order valence-electron chi connectivity index (χ0n) is 10.5. The number of hydrogen-bond donors (Lipinski definition) is 1. The molecule has 3 nitrogen and oxygen atoms in total. The van der Waals surface area contributed by atoms with E-state index < -0.39 is 0 Å². The van der Waals surface area contributed by atoms with Gasteiger partial charge in [0.15, 0.2) is 0 Å². The second kappa shape index (κ2) is 5.11. The predicted molar refractivity (Wildman–Crippen MR) is 81.6 cm³/mol. The number of rotatable bonds is 3. The second-order valence-corrected chi connectivity index (χ2v) is 6.29. The van der Waals surface area contributed by atoms with Crippen LogP contribution in [0.15, 0.2) is 35.0 Å². The van der Waals surface area contributed by atoms with Gasteiger partial charge in [-0.3, -0.25) is 0 Å². The van der Waals surface area contributed by atoms with E-state index in [1.54, 1.807) is 22.7 Å². The van der Waals surface area contributed by atoms with E-state index in [1.807, 2.05) is 31.2 Å². The van der Waals surface area contributed by atoms with Gasteiger partial charge in [0.25, 0.3) is 0 Å². The first kappa shape index (κ1) is 12.3. The van der Waals surface area contributed by atoms with Crippen molar-refractivity contribution in [3.63, 3.8) is 0 Å². The molecular weight excluding hydrogens is 274 g/mol. The third kappa shape index (κ3) is 2.83. The van der Waals surface area contributed by atoms with Crippen LogP contribution < -0.4 is 5.73 Å². The molecule has 0 radical (unpaired) electrons. The lowest BCUT2D eigenvalue weighted by atomic mass is 10.1. The van der Waals surface area contributed by atoms with Crippen LogP contribution in [0.1, 0.15) is 15.7 Å². The van der Waals surface area contributed by atoms with Gasteiger partial charge in [0.05, 0.1) is 21.4 Å². The molecule has 0 atom stereocenters. The number of nitrogen functional groups attached to an aromatic ring is 1. The average molecular weight is 287 g/mol. The molecule has 0 aliphatic carbocycles. The molecule has 96 valence electrons. The number of aryl methyl sites for hydroxylation is 1. The van der Waals surface area contributed by atoms with Crippen LogP contribution >= 0.6 is 22.7 Å². The molecule has 0 bridgehead atoms. The van der Waals surface area contributed by atoms with Gasteiger partial charge in [-0.05, 0) is 19.1 Å². The van der Waals surface area contributed by atoms with Crippen LogP contribution in [0.25, 0.3) is 11.3 Å². The molecular formula is C14H13N3S2. The Labute approximate surface area is 119 Å². The maximum atomic E-state index is 5.80. The summed E-state index contributed by atoms with van der Waals surface area (Å²) in [5.41, 5.74) is 9.71. The Morgan fingerprint density at radius 2 is 2.05 bits per heavy atom. The third-order valence-corrected chi connectivity index (χ3v) is 4.40. The highest BCUT2D eigenvalue weighted by Crippen LogP contribution is 2.25. The van der Waals surface area contributed by atoms with E-state index in [-0.39, 0.29) is 0 Å². The minimum Gasteiger partial charge on any atom is -0.399 e. The molecule has 0 aliphatic rings. The van der Waals surface area contributed by atoms with Crippen LogP contribution in [0.3, 0.4) is 0 Å². The molecule has 0 fully saturated rings. The Morgan fingerprint density at radius 3 is 2.79 bits per heavy atom. The molecule has 0 saturated heterocycles. The van der Waals surface area contributed by atoms with E-state index >= 15 is 0 Å². The topological polar surface area (TPSA) is 51.8 Å². The lowest BCUT2D eigenvalue weighted by Gasteiger charge is -1.97. The SMILES string of the molecule is Cc1nc(Cc2nc(-c3cccc(N)c3)cs2)cs1. The number of thiazole rings is 2. The molecule has 3 aromatic rings. The highest BCUT2D eigenvalue weighted by atomic mass is 32.1. The van der Waals surface area contributed by atoms with E-state index in [9.17, 15) is 0 Å². The number of anilines is 1. The third-order valence-electron chi connectivity index (χ3n) is 2.73. The van der Waals surface area contributed by atoms with Crippen LogP contribution in [0.5, 0.6) is 0 Å². The number of benzene rings is 1. The van der Waals surface area contributed by atoms with Gasteiger partial charge in [-0.15, -0.1) is 22.7 Å². The van der Waals surface area contributed by atoms with Crippen LogP contribution in [0.2, 0.25) is 0 Å². The number of nitrogens with two attached hydrogens (primary N) is 1. The summed E-state index contributed by atoms with van der Waals surface area (Å²) in [6.07, 6.45) is 0.803. The average Bonchev–Trinajstić information content (AvgIpc) is 2.99. The molecule has 2 heterocycles. The first-order valence-electron chi connectivity index (χ1n) is 5.92. The minimum atomic E-state index is 0.766. The van der Waals surface area contributed by atoms with Gasteiger partial charge in [-0.25, -0.2) is 9.97 Å². The molecule has 1 aromatic carbocycles. The predicted octanol–water partition coefficient (Wildman–Crippen LogP) is 3.75. The van der Waals surface area contributed by atoms with Gasteiger partial charge < -0.3 is 5.73 Å². The smallest absolute Gasteiger partial charge is 0.0992 e. The first-order valence-corrected chi connectivity index (χ1v) is 7.68. The fourth-order valence-electron chi connectivity index (χ4n) is 1.87. The van der Waals surface area contributed by atoms with Crippen molar-refractivity contribution in [2.24, 2.45) is 0 Å². The fourth-order valence-corrected chi connectivity index (χ4v) is 3.30. The normalized spacial score (nSPS) is 10.8. The van der Waals surface area contributed by atoms with Gasteiger partial charge in [-0.2, -0.15) is 0 Å². The molecule has 0 saturated carbocycles. The van der Waals surface area contributed by atoms with Gasteiger partial charge in [0.2, 0.25) is 0 Å². The molecule has 0 unspecified atom stereocenters. The standard InChI is InChI=1S/C14H13N3S2/c1-9-16-12(7-18-9)6-14-17-13(8-19-14)10-3-2-4-11(15)5-10/h2-5,7-8H,6,15H2,1H3. The minimum absolute atomic E-state index is 0.766. The quantitative estimate of drug-likeness (QED) is 0.746. The summed E-state index contributed by atoms with van der Waals surface area (Å²) in [5, 5.41) is 6.35. The summed E-state index contributed by atoms with van der Waals surface area (Å²) in [6.45, 7) is 2.02. The maximum Gasteiger partial charge on any atom is 0.0992 e. The molecule has 0 spiro atoms. The number of aromatic nitrogens is 2. The summed E-state index contributed by atoms with van der Waals surface area (Å²) in [7, 11) is 0. The van der Waals surface area contributed by atoms with Crippen molar-refractivity contribution in [2.45, 2.75) is 13.3 Å². The van der Waals surface area contributed by atoms with E-state index in [4.69, 9.17) is 5.73 Å². The van der Waals surface area contributed by atoms with Gasteiger partial charge in [0, 0.05) is 28.4 Å². The molecule has 19 heavy (non-hydrogen) atoms. The van der Waals surface area contributed by atoms with Crippen molar-refractivity contribution in [2.75, 3.05) is 5.73 Å². The summed E-state index contributed by atoms with van der Waals surface area (Å²) >= 11 is 3.35. The van der Waals surface area contributed by atoms with Crippen LogP contribution in [-0.2, 0) is 6.42 Å². The fraction of sp³-hybridized carbons (Fsp3) is 0.143. The molecule has 0 aliphatic heterocycles. The highest BCUT2D eigenvalue weighted by molar-refractivity contribution is 7.10. The Kier molecular flexibility index (Phi) is 3.31. The van der Waals surface area contributed by atoms with Crippen LogP contribution in [0.4, 0.5) is 5.69 Å². The molecule has 5 heteroatoms. The van der Waals surface area contributed by atoms with Crippen molar-refractivity contribution < 1.29 is 0 Å². The first-order chi connectivity index (χ1) is 9.20. The van der Waals surface area contributed by atoms with Crippen molar-refractivity contribution in [1.82, 2.24) is 9.97 Å². The van der Waals surface area contributed by atoms with Crippen molar-refractivity contribution in [3.05, 3.63) is 50.7 Å². The van der Waals surface area contributed by atoms with Gasteiger partial charge in [-0.1, -0.05) is 12.1 Å². The van der Waals surface area contributed by atoms with Gasteiger partial charge >= 0.3 is 0 Å². The zero-order chi connectivity index (χ0) is 13.2. The highest BCUT2D eigenvalue weighted by Gasteiger charge is 2.07.